The van der Waals surface area contributed by atoms with Crippen LogP contribution in [-0.4, -0.2) is 81.6 Å². The number of hydrogen-bond donors (Lipinski definition) is 1. The van der Waals surface area contributed by atoms with Gasteiger partial charge in [-0.3, -0.25) is 0 Å². The van der Waals surface area contributed by atoms with Crippen LogP contribution in [-0.2, 0) is 9.84 Å². The molecular weight excluding hydrogens is 466 g/mol. The Labute approximate surface area is 204 Å². The molecule has 1 N–H and O–H groups in total. The second-order valence-corrected chi connectivity index (χ2v) is 11.9. The van der Waals surface area contributed by atoms with E-state index < -0.39 is 9.84 Å². The van der Waals surface area contributed by atoms with Crippen molar-refractivity contribution in [2.24, 2.45) is 0 Å². The van der Waals surface area contributed by atoms with Gasteiger partial charge in [0.15, 0.2) is 11.4 Å². The number of hydrogen-bond acceptors (Lipinski definition) is 8. The van der Waals surface area contributed by atoms with Gasteiger partial charge in [-0.05, 0) is 37.9 Å². The number of likely N-dealkylation sites (tertiary alicyclic amines) is 1. The number of pyridine rings is 1. The van der Waals surface area contributed by atoms with Crippen molar-refractivity contribution < 1.29 is 13.2 Å². The summed E-state index contributed by atoms with van der Waals surface area (Å²) in [7, 11) is -1.32. The highest BCUT2D eigenvalue weighted by Gasteiger charge is 2.25. The molecule has 186 valence electrons. The first kappa shape index (κ1) is 23.7. The number of methoxy groups -OCH3 is 1. The van der Waals surface area contributed by atoms with Gasteiger partial charge in [0.25, 0.3) is 0 Å². The van der Waals surface area contributed by atoms with Crippen LogP contribution < -0.4 is 4.74 Å². The third-order valence-corrected chi connectivity index (χ3v) is 7.67. The van der Waals surface area contributed by atoms with Gasteiger partial charge >= 0.3 is 0 Å². The molecule has 4 aromatic rings. The molecule has 4 aromatic heterocycles. The van der Waals surface area contributed by atoms with Crippen molar-refractivity contribution in [3.63, 3.8) is 0 Å². The number of H-pyrrole nitrogens is 1. The number of nitrogens with one attached hydrogen (secondary N) is 1. The minimum absolute atomic E-state index is 0.204. The zero-order valence-corrected chi connectivity index (χ0v) is 21.3. The number of ether oxygens (including phenoxy) is 1. The molecule has 0 bridgehead atoms. The minimum Gasteiger partial charge on any atom is -0.493 e. The first-order chi connectivity index (χ1) is 16.7. The number of nitrogens with zero attached hydrogens (tertiary/aromatic N) is 6. The van der Waals surface area contributed by atoms with Crippen LogP contribution in [0.3, 0.4) is 0 Å². The summed E-state index contributed by atoms with van der Waals surface area (Å²) in [6.45, 7) is 6.63. The Kier molecular flexibility index (Phi) is 6.22. The van der Waals surface area contributed by atoms with Crippen LogP contribution in [0.5, 0.6) is 5.75 Å². The third-order valence-electron chi connectivity index (χ3n) is 6.75. The van der Waals surface area contributed by atoms with Crippen molar-refractivity contribution in [1.82, 2.24) is 34.4 Å². The highest BCUT2D eigenvalue weighted by Crippen LogP contribution is 2.37. The van der Waals surface area contributed by atoms with E-state index in [1.54, 1.807) is 11.6 Å². The van der Waals surface area contributed by atoms with Gasteiger partial charge in [-0.2, -0.15) is 5.10 Å². The normalized spacial score (nSPS) is 16.0. The number of piperidine rings is 1. The van der Waals surface area contributed by atoms with Crippen LogP contribution >= 0.6 is 0 Å². The summed E-state index contributed by atoms with van der Waals surface area (Å²) >= 11 is 0. The summed E-state index contributed by atoms with van der Waals surface area (Å²) < 4.78 is 30.3. The summed E-state index contributed by atoms with van der Waals surface area (Å²) in [4.78, 5) is 19.8. The SMILES string of the molecule is COc1cc(-c2[nH]c3cnc(C4CCN(CCS(C)(=O)=O)CC4)nc3c2C(C)C)cn2ncnc12. The van der Waals surface area contributed by atoms with E-state index in [-0.39, 0.29) is 17.6 Å². The molecule has 0 aromatic carbocycles. The predicted molar refractivity (Wildman–Crippen MR) is 135 cm³/mol. The number of fused-ring (bicyclic) bond motifs is 2. The number of rotatable bonds is 7. The molecule has 10 nitrogen and oxygen atoms in total. The average Bonchev–Trinajstić information content (AvgIpc) is 3.46. The fourth-order valence-electron chi connectivity index (χ4n) is 4.89. The molecule has 0 spiro atoms. The zero-order chi connectivity index (χ0) is 24.7. The second-order valence-electron chi connectivity index (χ2n) is 9.63. The molecule has 0 amide bonds. The van der Waals surface area contributed by atoms with Crippen LogP contribution in [0.1, 0.15) is 49.9 Å². The predicted octanol–water partition coefficient (Wildman–Crippen LogP) is 3.02. The Morgan fingerprint density at radius 3 is 2.69 bits per heavy atom. The molecule has 0 radical (unpaired) electrons. The highest BCUT2D eigenvalue weighted by molar-refractivity contribution is 7.90. The van der Waals surface area contributed by atoms with Crippen molar-refractivity contribution >= 4 is 26.5 Å². The van der Waals surface area contributed by atoms with Crippen LogP contribution in [0, 0.1) is 0 Å². The molecule has 1 aliphatic heterocycles. The molecule has 5 rings (SSSR count). The Balaban J connectivity index is 1.46. The van der Waals surface area contributed by atoms with Gasteiger partial charge < -0.3 is 14.6 Å². The standard InChI is InChI=1S/C24H31N7O3S/c1-15(2)20-21(17-11-19(34-3)24-26-14-27-31(24)13-17)28-18-12-25-23(29-22(18)20)16-5-7-30(8-6-16)9-10-35(4,32)33/h11-16,28H,5-10H2,1-4H3. The molecule has 0 aliphatic carbocycles. The fraction of sp³-hybridized carbons (Fsp3) is 0.500. The van der Waals surface area contributed by atoms with Crippen molar-refractivity contribution in [1.29, 1.82) is 0 Å². The summed E-state index contributed by atoms with van der Waals surface area (Å²) in [5, 5.41) is 4.30. The van der Waals surface area contributed by atoms with Gasteiger partial charge in [-0.15, -0.1) is 0 Å². The van der Waals surface area contributed by atoms with Gasteiger partial charge in [0.05, 0.1) is 35.8 Å². The quantitative estimate of drug-likeness (QED) is 0.414. The van der Waals surface area contributed by atoms with E-state index in [0.29, 0.717) is 17.9 Å². The largest absolute Gasteiger partial charge is 0.493 e. The highest BCUT2D eigenvalue weighted by atomic mass is 32.2. The van der Waals surface area contributed by atoms with Gasteiger partial charge in [0.1, 0.15) is 22.0 Å². The maximum Gasteiger partial charge on any atom is 0.197 e. The molecule has 35 heavy (non-hydrogen) atoms. The minimum atomic E-state index is -2.95. The lowest BCUT2D eigenvalue weighted by Gasteiger charge is -2.30. The molecule has 0 saturated carbocycles. The van der Waals surface area contributed by atoms with E-state index in [1.807, 2.05) is 18.5 Å². The lowest BCUT2D eigenvalue weighted by molar-refractivity contribution is 0.220. The molecule has 1 fully saturated rings. The van der Waals surface area contributed by atoms with Crippen molar-refractivity contribution in [2.45, 2.75) is 38.5 Å². The Hall–Kier alpha value is -3.05. The summed E-state index contributed by atoms with van der Waals surface area (Å²) in [6, 6.07) is 1.97. The lowest BCUT2D eigenvalue weighted by Crippen LogP contribution is -2.36. The van der Waals surface area contributed by atoms with E-state index >= 15 is 0 Å². The molecule has 1 saturated heterocycles. The van der Waals surface area contributed by atoms with E-state index in [2.05, 4.69) is 33.8 Å². The number of aromatic nitrogens is 6. The molecule has 11 heteroatoms. The topological polar surface area (TPSA) is 118 Å². The Bertz CT molecular complexity index is 1470. The zero-order valence-electron chi connectivity index (χ0n) is 20.5. The smallest absolute Gasteiger partial charge is 0.197 e. The van der Waals surface area contributed by atoms with Crippen molar-refractivity contribution in [2.75, 3.05) is 38.8 Å². The summed E-state index contributed by atoms with van der Waals surface area (Å²) in [5.74, 6) is 2.21. The number of aromatic amines is 1. The van der Waals surface area contributed by atoms with Crippen LogP contribution in [0.15, 0.2) is 24.8 Å². The lowest BCUT2D eigenvalue weighted by atomic mass is 9.95. The van der Waals surface area contributed by atoms with Crippen LogP contribution in [0.4, 0.5) is 0 Å². The summed E-state index contributed by atoms with van der Waals surface area (Å²) in [6.07, 6.45) is 8.48. The first-order valence-electron chi connectivity index (χ1n) is 11.9. The summed E-state index contributed by atoms with van der Waals surface area (Å²) in [5.41, 5.74) is 5.57. The van der Waals surface area contributed by atoms with E-state index in [9.17, 15) is 8.42 Å². The fourth-order valence-corrected chi connectivity index (χ4v) is 5.48. The van der Waals surface area contributed by atoms with Crippen molar-refractivity contribution in [3.05, 3.63) is 36.2 Å². The van der Waals surface area contributed by atoms with Gasteiger partial charge in [-0.1, -0.05) is 13.8 Å². The van der Waals surface area contributed by atoms with Gasteiger partial charge in [-0.25, -0.2) is 27.9 Å². The van der Waals surface area contributed by atoms with E-state index in [0.717, 1.165) is 59.6 Å². The molecule has 0 unspecified atom stereocenters. The molecule has 0 atom stereocenters. The van der Waals surface area contributed by atoms with Gasteiger partial charge in [0, 0.05) is 36.0 Å². The maximum absolute atomic E-state index is 11.5. The molecule has 1 aliphatic rings. The monoisotopic (exact) mass is 497 g/mol. The van der Waals surface area contributed by atoms with Gasteiger partial charge in [0.2, 0.25) is 0 Å². The average molecular weight is 498 g/mol. The molecular formula is C24H31N7O3S. The van der Waals surface area contributed by atoms with Crippen LogP contribution in [0.25, 0.3) is 27.9 Å². The van der Waals surface area contributed by atoms with Crippen molar-refractivity contribution in [3.8, 4) is 17.0 Å². The second kappa shape index (κ2) is 9.19. The van der Waals surface area contributed by atoms with E-state index in [1.165, 1.54) is 12.6 Å². The Morgan fingerprint density at radius 2 is 2.00 bits per heavy atom. The number of sulfone groups is 1. The first-order valence-corrected chi connectivity index (χ1v) is 14.0. The maximum atomic E-state index is 11.5. The Morgan fingerprint density at radius 1 is 1.23 bits per heavy atom. The van der Waals surface area contributed by atoms with Crippen LogP contribution in [0.2, 0.25) is 0 Å². The molecule has 5 heterocycles. The third kappa shape index (κ3) is 4.74. The van der Waals surface area contributed by atoms with E-state index in [4.69, 9.17) is 14.7 Å².